The molecule has 3 heterocycles. The van der Waals surface area contributed by atoms with Gasteiger partial charge in [-0.3, -0.25) is 0 Å². The highest BCUT2D eigenvalue weighted by atomic mass is 35.5. The van der Waals surface area contributed by atoms with Crippen LogP contribution >= 0.6 is 11.6 Å². The Labute approximate surface area is 109 Å². The SMILES string of the molecule is Cc1nccc(-c2cnc3c(ccn3C)c2Cl)n1. The second kappa shape index (κ2) is 4.07. The molecule has 4 nitrogen and oxygen atoms in total. The van der Waals surface area contributed by atoms with Gasteiger partial charge in [-0.05, 0) is 19.1 Å². The molecule has 3 aromatic rings. The predicted octanol–water partition coefficient (Wildman–Crippen LogP) is 2.99. The number of rotatable bonds is 1. The van der Waals surface area contributed by atoms with Crippen LogP contribution in [0, 0.1) is 6.92 Å². The van der Waals surface area contributed by atoms with E-state index in [1.807, 2.05) is 36.9 Å². The fourth-order valence-corrected chi connectivity index (χ4v) is 2.26. The van der Waals surface area contributed by atoms with Crippen molar-refractivity contribution in [3.63, 3.8) is 0 Å². The molecule has 0 unspecified atom stereocenters. The molecule has 3 aromatic heterocycles. The van der Waals surface area contributed by atoms with E-state index in [1.54, 1.807) is 12.4 Å². The Hall–Kier alpha value is -1.94. The molecule has 0 aliphatic carbocycles. The number of hydrogen-bond donors (Lipinski definition) is 0. The number of nitrogens with zero attached hydrogens (tertiary/aromatic N) is 4. The van der Waals surface area contributed by atoms with E-state index in [1.165, 1.54) is 0 Å². The summed E-state index contributed by atoms with van der Waals surface area (Å²) < 4.78 is 1.94. The van der Waals surface area contributed by atoms with Crippen LogP contribution < -0.4 is 0 Å². The van der Waals surface area contributed by atoms with Gasteiger partial charge in [0.1, 0.15) is 11.5 Å². The Kier molecular flexibility index (Phi) is 2.52. The fourth-order valence-electron chi connectivity index (χ4n) is 1.97. The Balaban J connectivity index is 2.27. The van der Waals surface area contributed by atoms with Gasteiger partial charge in [0.25, 0.3) is 0 Å². The van der Waals surface area contributed by atoms with Crippen LogP contribution in [0.2, 0.25) is 5.02 Å². The van der Waals surface area contributed by atoms with Gasteiger partial charge in [-0.25, -0.2) is 15.0 Å². The standard InChI is InChI=1S/C13H11ClN4/c1-8-15-5-3-11(17-8)10-7-16-13-9(12(10)14)4-6-18(13)2/h3-7H,1-2H3. The molecular formula is C13H11ClN4. The van der Waals surface area contributed by atoms with Crippen LogP contribution in [0.25, 0.3) is 22.3 Å². The third-order valence-electron chi connectivity index (χ3n) is 2.88. The van der Waals surface area contributed by atoms with Crippen molar-refractivity contribution in [3.8, 4) is 11.3 Å². The van der Waals surface area contributed by atoms with Crippen molar-refractivity contribution in [1.82, 2.24) is 19.5 Å². The zero-order chi connectivity index (χ0) is 12.7. The van der Waals surface area contributed by atoms with Crippen molar-refractivity contribution in [2.45, 2.75) is 6.92 Å². The zero-order valence-electron chi connectivity index (χ0n) is 10.1. The van der Waals surface area contributed by atoms with Crippen molar-refractivity contribution in [2.75, 3.05) is 0 Å². The molecule has 0 amide bonds. The summed E-state index contributed by atoms with van der Waals surface area (Å²) >= 11 is 6.43. The van der Waals surface area contributed by atoms with Crippen LogP contribution in [0.3, 0.4) is 0 Å². The maximum atomic E-state index is 6.43. The quantitative estimate of drug-likeness (QED) is 0.674. The van der Waals surface area contributed by atoms with E-state index in [-0.39, 0.29) is 0 Å². The van der Waals surface area contributed by atoms with Crippen LogP contribution in [0.1, 0.15) is 5.82 Å². The minimum absolute atomic E-state index is 0.679. The molecule has 5 heteroatoms. The first-order valence-corrected chi connectivity index (χ1v) is 5.94. The molecule has 0 radical (unpaired) electrons. The lowest BCUT2D eigenvalue weighted by Crippen LogP contribution is -1.93. The third kappa shape index (κ3) is 1.66. The van der Waals surface area contributed by atoms with Gasteiger partial charge >= 0.3 is 0 Å². The van der Waals surface area contributed by atoms with E-state index in [9.17, 15) is 0 Å². The molecule has 0 aliphatic rings. The monoisotopic (exact) mass is 258 g/mol. The van der Waals surface area contributed by atoms with Gasteiger partial charge in [-0.1, -0.05) is 11.6 Å². The molecule has 0 N–H and O–H groups in total. The second-order valence-electron chi connectivity index (χ2n) is 4.14. The molecule has 3 rings (SSSR count). The Morgan fingerprint density at radius 3 is 2.83 bits per heavy atom. The van der Waals surface area contributed by atoms with Crippen LogP contribution in [-0.2, 0) is 7.05 Å². The average molecular weight is 259 g/mol. The van der Waals surface area contributed by atoms with Crippen LogP contribution in [0.4, 0.5) is 0 Å². The van der Waals surface area contributed by atoms with Gasteiger partial charge in [-0.2, -0.15) is 0 Å². The summed E-state index contributed by atoms with van der Waals surface area (Å²) in [6, 6.07) is 3.80. The summed E-state index contributed by atoms with van der Waals surface area (Å²) in [5.41, 5.74) is 2.50. The summed E-state index contributed by atoms with van der Waals surface area (Å²) in [5, 5.41) is 1.62. The number of aromatic nitrogens is 4. The number of aryl methyl sites for hydroxylation is 2. The van der Waals surface area contributed by atoms with Gasteiger partial charge in [0.2, 0.25) is 0 Å². The highest BCUT2D eigenvalue weighted by Crippen LogP contribution is 2.32. The molecule has 0 aromatic carbocycles. The minimum Gasteiger partial charge on any atom is -0.336 e. The second-order valence-corrected chi connectivity index (χ2v) is 4.52. The summed E-state index contributed by atoms with van der Waals surface area (Å²) in [6.45, 7) is 1.85. The number of halogens is 1. The van der Waals surface area contributed by atoms with Gasteiger partial charge in [0, 0.05) is 36.6 Å². The first kappa shape index (κ1) is 11.2. The van der Waals surface area contributed by atoms with Crippen molar-refractivity contribution >= 4 is 22.6 Å². The molecule has 0 fully saturated rings. The van der Waals surface area contributed by atoms with E-state index in [0.29, 0.717) is 5.02 Å². The van der Waals surface area contributed by atoms with Gasteiger partial charge < -0.3 is 4.57 Å². The van der Waals surface area contributed by atoms with E-state index in [2.05, 4.69) is 15.0 Å². The van der Waals surface area contributed by atoms with Crippen molar-refractivity contribution in [1.29, 1.82) is 0 Å². The minimum atomic E-state index is 0.679. The summed E-state index contributed by atoms with van der Waals surface area (Å²) in [4.78, 5) is 12.9. The van der Waals surface area contributed by atoms with Crippen LogP contribution in [-0.4, -0.2) is 19.5 Å². The largest absolute Gasteiger partial charge is 0.336 e. The maximum absolute atomic E-state index is 6.43. The molecule has 0 bridgehead atoms. The normalized spacial score (nSPS) is 11.1. The van der Waals surface area contributed by atoms with E-state index in [4.69, 9.17) is 11.6 Å². The maximum Gasteiger partial charge on any atom is 0.141 e. The van der Waals surface area contributed by atoms with Crippen LogP contribution in [0.5, 0.6) is 0 Å². The number of fused-ring (bicyclic) bond motifs is 1. The van der Waals surface area contributed by atoms with Crippen molar-refractivity contribution < 1.29 is 0 Å². The number of hydrogen-bond acceptors (Lipinski definition) is 3. The Morgan fingerprint density at radius 2 is 2.06 bits per heavy atom. The summed E-state index contributed by atoms with van der Waals surface area (Å²) in [5.74, 6) is 0.719. The molecule has 0 spiro atoms. The third-order valence-corrected chi connectivity index (χ3v) is 3.29. The molecule has 0 atom stereocenters. The van der Waals surface area contributed by atoms with Crippen molar-refractivity contribution in [3.05, 3.63) is 41.6 Å². The molecule has 0 saturated heterocycles. The number of pyridine rings is 1. The van der Waals surface area contributed by atoms with E-state index >= 15 is 0 Å². The van der Waals surface area contributed by atoms with Gasteiger partial charge in [-0.15, -0.1) is 0 Å². The predicted molar refractivity (Wildman–Crippen MR) is 71.5 cm³/mol. The lowest BCUT2D eigenvalue weighted by atomic mass is 10.1. The van der Waals surface area contributed by atoms with Gasteiger partial charge in [0.15, 0.2) is 0 Å². The lowest BCUT2D eigenvalue weighted by molar-refractivity contribution is 0.948. The van der Waals surface area contributed by atoms with Crippen molar-refractivity contribution in [2.24, 2.45) is 7.05 Å². The van der Waals surface area contributed by atoms with Gasteiger partial charge in [0.05, 0.1) is 10.7 Å². The lowest BCUT2D eigenvalue weighted by Gasteiger charge is -2.05. The topological polar surface area (TPSA) is 43.6 Å². The van der Waals surface area contributed by atoms with Crippen LogP contribution in [0.15, 0.2) is 30.7 Å². The Morgan fingerprint density at radius 1 is 1.22 bits per heavy atom. The Bertz CT molecular complexity index is 733. The van der Waals surface area contributed by atoms with E-state index < -0.39 is 0 Å². The first-order valence-electron chi connectivity index (χ1n) is 5.56. The first-order chi connectivity index (χ1) is 8.66. The summed E-state index contributed by atoms with van der Waals surface area (Å²) in [7, 11) is 1.94. The molecular weight excluding hydrogens is 248 g/mol. The average Bonchev–Trinajstić information content (AvgIpc) is 2.73. The highest BCUT2D eigenvalue weighted by molar-refractivity contribution is 6.37. The molecule has 0 saturated carbocycles. The molecule has 90 valence electrons. The molecule has 0 aliphatic heterocycles. The molecule has 18 heavy (non-hydrogen) atoms. The summed E-state index contributed by atoms with van der Waals surface area (Å²) in [6.07, 6.45) is 5.42. The zero-order valence-corrected chi connectivity index (χ0v) is 10.8. The van der Waals surface area contributed by atoms with E-state index in [0.717, 1.165) is 28.1 Å². The fraction of sp³-hybridized carbons (Fsp3) is 0.154. The highest BCUT2D eigenvalue weighted by Gasteiger charge is 2.11. The smallest absolute Gasteiger partial charge is 0.141 e.